The van der Waals surface area contributed by atoms with Gasteiger partial charge in [0.25, 0.3) is 0 Å². The Morgan fingerprint density at radius 3 is 2.58 bits per heavy atom. The minimum absolute atomic E-state index is 0.192. The van der Waals surface area contributed by atoms with Crippen LogP contribution in [0.5, 0.6) is 0 Å². The van der Waals surface area contributed by atoms with E-state index in [0.29, 0.717) is 16.5 Å². The number of halogens is 1. The number of rotatable bonds is 5. The van der Waals surface area contributed by atoms with Gasteiger partial charge in [0, 0.05) is 10.6 Å². The molecule has 0 unspecified atom stereocenters. The van der Waals surface area contributed by atoms with Crippen molar-refractivity contribution in [1.82, 2.24) is 10.2 Å². The van der Waals surface area contributed by atoms with Gasteiger partial charge in [-0.1, -0.05) is 35.5 Å². The number of ether oxygens (including phenoxy) is 1. The topological polar surface area (TPSA) is 65.2 Å². The van der Waals surface area contributed by atoms with Crippen LogP contribution in [-0.4, -0.2) is 23.3 Å². The van der Waals surface area contributed by atoms with Crippen LogP contribution in [0.2, 0.25) is 5.02 Å². The first-order valence-electron chi connectivity index (χ1n) is 7.05. The Morgan fingerprint density at radius 2 is 1.92 bits per heavy atom. The summed E-state index contributed by atoms with van der Waals surface area (Å²) in [5, 5.41) is 9.87. The molecule has 2 aromatic heterocycles. The summed E-state index contributed by atoms with van der Waals surface area (Å²) in [7, 11) is 1.32. The lowest BCUT2D eigenvalue weighted by molar-refractivity contribution is 0.0563. The summed E-state index contributed by atoms with van der Waals surface area (Å²) in [6, 6.07) is 14.6. The molecular weight excluding hydrogens is 348 g/mol. The normalized spacial score (nSPS) is 10.6. The minimum Gasteiger partial charge on any atom is -0.463 e. The van der Waals surface area contributed by atoms with E-state index < -0.39 is 5.97 Å². The van der Waals surface area contributed by atoms with Crippen molar-refractivity contribution in [3.63, 3.8) is 0 Å². The number of carbonyl (C=O) groups is 1. The monoisotopic (exact) mass is 360 g/mol. The number of methoxy groups -OCH3 is 1. The molecule has 0 aliphatic rings. The fourth-order valence-electron chi connectivity index (χ4n) is 1.98. The Morgan fingerprint density at radius 1 is 1.12 bits per heavy atom. The summed E-state index contributed by atoms with van der Waals surface area (Å²) in [6.07, 6.45) is 0. The molecule has 0 bridgehead atoms. The summed E-state index contributed by atoms with van der Waals surface area (Å²) in [5.41, 5.74) is 1.74. The molecule has 122 valence electrons. The van der Waals surface area contributed by atoms with Crippen LogP contribution in [0.25, 0.3) is 11.3 Å². The number of furan rings is 1. The zero-order valence-electron chi connectivity index (χ0n) is 12.7. The van der Waals surface area contributed by atoms with Gasteiger partial charge >= 0.3 is 5.97 Å². The molecule has 0 aliphatic carbocycles. The highest BCUT2D eigenvalue weighted by atomic mass is 35.5. The maximum absolute atomic E-state index is 11.3. The van der Waals surface area contributed by atoms with Crippen LogP contribution in [0.3, 0.4) is 0 Å². The van der Waals surface area contributed by atoms with Gasteiger partial charge in [-0.2, -0.15) is 0 Å². The van der Waals surface area contributed by atoms with E-state index in [1.165, 1.54) is 18.9 Å². The zero-order valence-corrected chi connectivity index (χ0v) is 14.3. The third kappa shape index (κ3) is 3.96. The molecule has 0 fully saturated rings. The summed E-state index contributed by atoms with van der Waals surface area (Å²) in [5.74, 6) is 0.922. The van der Waals surface area contributed by atoms with Crippen molar-refractivity contribution in [1.29, 1.82) is 0 Å². The maximum Gasteiger partial charge on any atom is 0.373 e. The van der Waals surface area contributed by atoms with Crippen LogP contribution in [0, 0.1) is 0 Å². The van der Waals surface area contributed by atoms with Crippen molar-refractivity contribution < 1.29 is 13.9 Å². The van der Waals surface area contributed by atoms with Crippen LogP contribution in [0.4, 0.5) is 0 Å². The number of aromatic nitrogens is 2. The molecule has 3 rings (SSSR count). The molecule has 0 saturated carbocycles. The van der Waals surface area contributed by atoms with E-state index in [2.05, 4.69) is 14.9 Å². The summed E-state index contributed by atoms with van der Waals surface area (Å²) >= 11 is 7.35. The summed E-state index contributed by atoms with van der Waals surface area (Å²) < 4.78 is 10.0. The third-order valence-electron chi connectivity index (χ3n) is 3.19. The molecule has 1 aromatic carbocycles. The lowest BCUT2D eigenvalue weighted by Gasteiger charge is -2.02. The number of nitrogens with zero attached hydrogens (tertiary/aromatic N) is 2. The largest absolute Gasteiger partial charge is 0.463 e. The Hall–Kier alpha value is -2.31. The molecule has 0 N–H and O–H groups in total. The second kappa shape index (κ2) is 7.51. The van der Waals surface area contributed by atoms with Gasteiger partial charge < -0.3 is 9.15 Å². The highest BCUT2D eigenvalue weighted by molar-refractivity contribution is 7.98. The van der Waals surface area contributed by atoms with Crippen LogP contribution >= 0.6 is 23.4 Å². The van der Waals surface area contributed by atoms with E-state index in [1.54, 1.807) is 12.1 Å². The molecule has 0 amide bonds. The zero-order chi connectivity index (χ0) is 16.9. The molecule has 0 saturated heterocycles. The molecule has 0 radical (unpaired) electrons. The summed E-state index contributed by atoms with van der Waals surface area (Å²) in [6.45, 7) is 0. The number of carbonyl (C=O) groups excluding carboxylic acids is 1. The molecule has 5 nitrogen and oxygen atoms in total. The SMILES string of the molecule is COC(=O)c1ccc(CSc2ccc(-c3ccc(Cl)cc3)nn2)o1. The van der Waals surface area contributed by atoms with E-state index in [1.807, 2.05) is 36.4 Å². The average molecular weight is 361 g/mol. The molecule has 2 heterocycles. The number of benzene rings is 1. The minimum atomic E-state index is -0.488. The summed E-state index contributed by atoms with van der Waals surface area (Å²) in [4.78, 5) is 11.3. The van der Waals surface area contributed by atoms with Gasteiger partial charge in [-0.05, 0) is 36.4 Å². The van der Waals surface area contributed by atoms with Gasteiger partial charge in [0.05, 0.1) is 18.6 Å². The van der Waals surface area contributed by atoms with Gasteiger partial charge in [-0.3, -0.25) is 0 Å². The van der Waals surface area contributed by atoms with Gasteiger partial charge in [0.15, 0.2) is 0 Å². The van der Waals surface area contributed by atoms with Gasteiger partial charge in [-0.25, -0.2) is 4.79 Å². The van der Waals surface area contributed by atoms with Crippen molar-refractivity contribution in [2.24, 2.45) is 0 Å². The first-order valence-corrected chi connectivity index (χ1v) is 8.41. The van der Waals surface area contributed by atoms with Gasteiger partial charge in [0.2, 0.25) is 5.76 Å². The van der Waals surface area contributed by atoms with Crippen LogP contribution < -0.4 is 0 Å². The number of thioether (sulfide) groups is 1. The van der Waals surface area contributed by atoms with Crippen LogP contribution in [-0.2, 0) is 10.5 Å². The van der Waals surface area contributed by atoms with Crippen molar-refractivity contribution in [2.45, 2.75) is 10.8 Å². The van der Waals surface area contributed by atoms with E-state index in [-0.39, 0.29) is 5.76 Å². The van der Waals surface area contributed by atoms with Crippen molar-refractivity contribution in [2.75, 3.05) is 7.11 Å². The maximum atomic E-state index is 11.3. The lowest BCUT2D eigenvalue weighted by atomic mass is 10.1. The Labute approximate surface area is 148 Å². The Kier molecular flexibility index (Phi) is 5.17. The van der Waals surface area contributed by atoms with Crippen molar-refractivity contribution in [3.8, 4) is 11.3 Å². The van der Waals surface area contributed by atoms with E-state index in [4.69, 9.17) is 16.0 Å². The number of hydrogen-bond donors (Lipinski definition) is 0. The molecular formula is C17H13ClN2O3S. The average Bonchev–Trinajstić information content (AvgIpc) is 3.09. The Balaban J connectivity index is 1.63. The molecule has 0 atom stereocenters. The van der Waals surface area contributed by atoms with Crippen molar-refractivity contribution in [3.05, 3.63) is 65.1 Å². The molecule has 0 aliphatic heterocycles. The lowest BCUT2D eigenvalue weighted by Crippen LogP contribution is -1.98. The Bertz CT molecular complexity index is 832. The van der Waals surface area contributed by atoms with Crippen LogP contribution in [0.1, 0.15) is 16.3 Å². The smallest absolute Gasteiger partial charge is 0.373 e. The highest BCUT2D eigenvalue weighted by Crippen LogP contribution is 2.24. The van der Waals surface area contributed by atoms with Crippen LogP contribution in [0.15, 0.2) is 58.0 Å². The molecule has 24 heavy (non-hydrogen) atoms. The number of hydrogen-bond acceptors (Lipinski definition) is 6. The number of esters is 1. The molecule has 3 aromatic rings. The fraction of sp³-hybridized carbons (Fsp3) is 0.118. The van der Waals surface area contributed by atoms with E-state index in [9.17, 15) is 4.79 Å². The predicted octanol–water partition coefficient (Wildman–Crippen LogP) is 4.47. The van der Waals surface area contributed by atoms with E-state index in [0.717, 1.165) is 16.3 Å². The second-order valence-corrected chi connectivity index (χ2v) is 6.24. The highest BCUT2D eigenvalue weighted by Gasteiger charge is 2.11. The van der Waals surface area contributed by atoms with Gasteiger partial charge in [0.1, 0.15) is 10.8 Å². The molecule has 0 spiro atoms. The van der Waals surface area contributed by atoms with E-state index >= 15 is 0 Å². The fourth-order valence-corrected chi connectivity index (χ4v) is 2.82. The standard InChI is InChI=1S/C17H13ClN2O3S/c1-22-17(21)15-8-6-13(23-15)10-24-16-9-7-14(19-20-16)11-2-4-12(18)5-3-11/h2-9H,10H2,1H3. The first kappa shape index (κ1) is 16.5. The van der Waals surface area contributed by atoms with Gasteiger partial charge in [-0.15, -0.1) is 10.2 Å². The molecule has 7 heteroatoms. The van der Waals surface area contributed by atoms with Crippen molar-refractivity contribution >= 4 is 29.3 Å². The second-order valence-electron chi connectivity index (χ2n) is 4.81. The third-order valence-corrected chi connectivity index (χ3v) is 4.38. The first-order chi connectivity index (χ1) is 11.7. The predicted molar refractivity (Wildman–Crippen MR) is 92.1 cm³/mol. The quantitative estimate of drug-likeness (QED) is 0.494.